The van der Waals surface area contributed by atoms with Crippen molar-refractivity contribution in [2.45, 2.75) is 53.2 Å². The minimum atomic E-state index is -1.08. The third-order valence-electron chi connectivity index (χ3n) is 2.81. The standard InChI is InChI=1S/C12H24O4/c1-5-9-12(6-2,10(13)15-7-3)11(14)16-8-4/h10,13H,5-9H2,1-4H3. The van der Waals surface area contributed by atoms with Gasteiger partial charge in [-0.1, -0.05) is 20.3 Å². The fourth-order valence-corrected chi connectivity index (χ4v) is 1.86. The smallest absolute Gasteiger partial charge is 0.317 e. The van der Waals surface area contributed by atoms with Gasteiger partial charge in [0.1, 0.15) is 5.41 Å². The molecule has 0 aromatic carbocycles. The monoisotopic (exact) mass is 232 g/mol. The molecule has 96 valence electrons. The molecule has 1 N–H and O–H groups in total. The Morgan fingerprint density at radius 1 is 1.25 bits per heavy atom. The molecule has 4 heteroatoms. The third-order valence-corrected chi connectivity index (χ3v) is 2.81. The van der Waals surface area contributed by atoms with Crippen molar-refractivity contribution in [3.8, 4) is 0 Å². The maximum absolute atomic E-state index is 11.9. The predicted octanol–water partition coefficient (Wildman–Crippen LogP) is 2.10. The lowest BCUT2D eigenvalue weighted by molar-refractivity contribution is -0.203. The number of aliphatic hydroxyl groups is 1. The van der Waals surface area contributed by atoms with E-state index in [1.165, 1.54) is 0 Å². The van der Waals surface area contributed by atoms with Crippen LogP contribution in [-0.2, 0) is 14.3 Å². The highest BCUT2D eigenvalue weighted by Gasteiger charge is 2.45. The quantitative estimate of drug-likeness (QED) is 0.514. The first-order chi connectivity index (χ1) is 7.58. The van der Waals surface area contributed by atoms with Crippen LogP contribution in [-0.4, -0.2) is 30.6 Å². The largest absolute Gasteiger partial charge is 0.465 e. The molecular formula is C12H24O4. The molecule has 0 saturated carbocycles. The summed E-state index contributed by atoms with van der Waals surface area (Å²) < 4.78 is 10.2. The molecule has 0 aliphatic carbocycles. The number of hydrogen-bond acceptors (Lipinski definition) is 4. The molecule has 0 rings (SSSR count). The van der Waals surface area contributed by atoms with Gasteiger partial charge in [0.15, 0.2) is 6.29 Å². The van der Waals surface area contributed by atoms with Crippen molar-refractivity contribution in [2.75, 3.05) is 13.2 Å². The lowest BCUT2D eigenvalue weighted by atomic mass is 9.80. The van der Waals surface area contributed by atoms with Gasteiger partial charge in [0.2, 0.25) is 0 Å². The first kappa shape index (κ1) is 15.4. The minimum absolute atomic E-state index is 0.323. The summed E-state index contributed by atoms with van der Waals surface area (Å²) in [5.74, 6) is -0.361. The van der Waals surface area contributed by atoms with Crippen LogP contribution in [0, 0.1) is 5.41 Å². The summed E-state index contributed by atoms with van der Waals surface area (Å²) >= 11 is 0. The second-order valence-corrected chi connectivity index (χ2v) is 3.79. The molecule has 0 radical (unpaired) electrons. The zero-order chi connectivity index (χ0) is 12.6. The third kappa shape index (κ3) is 3.46. The van der Waals surface area contributed by atoms with Crippen LogP contribution in [0.15, 0.2) is 0 Å². The van der Waals surface area contributed by atoms with Gasteiger partial charge in [0.25, 0.3) is 0 Å². The minimum Gasteiger partial charge on any atom is -0.465 e. The van der Waals surface area contributed by atoms with E-state index in [1.54, 1.807) is 13.8 Å². The number of ether oxygens (including phenoxy) is 2. The number of hydrogen-bond donors (Lipinski definition) is 1. The van der Waals surface area contributed by atoms with Gasteiger partial charge in [-0.15, -0.1) is 0 Å². The summed E-state index contributed by atoms with van der Waals surface area (Å²) in [7, 11) is 0. The average Bonchev–Trinajstić information content (AvgIpc) is 2.26. The van der Waals surface area contributed by atoms with Gasteiger partial charge in [0, 0.05) is 6.61 Å². The second-order valence-electron chi connectivity index (χ2n) is 3.79. The van der Waals surface area contributed by atoms with Crippen LogP contribution in [0.3, 0.4) is 0 Å². The van der Waals surface area contributed by atoms with E-state index in [0.717, 1.165) is 6.42 Å². The number of aliphatic hydroxyl groups excluding tert-OH is 1. The average molecular weight is 232 g/mol. The Morgan fingerprint density at radius 3 is 2.25 bits per heavy atom. The highest BCUT2D eigenvalue weighted by Crippen LogP contribution is 2.34. The van der Waals surface area contributed by atoms with Gasteiger partial charge in [-0.25, -0.2) is 0 Å². The molecule has 2 unspecified atom stereocenters. The topological polar surface area (TPSA) is 55.8 Å². The molecule has 16 heavy (non-hydrogen) atoms. The fraction of sp³-hybridized carbons (Fsp3) is 0.917. The van der Waals surface area contributed by atoms with Crippen molar-refractivity contribution in [1.82, 2.24) is 0 Å². The van der Waals surface area contributed by atoms with Crippen molar-refractivity contribution < 1.29 is 19.4 Å². The highest BCUT2D eigenvalue weighted by atomic mass is 16.6. The summed E-state index contributed by atoms with van der Waals surface area (Å²) in [6, 6.07) is 0. The summed E-state index contributed by atoms with van der Waals surface area (Å²) in [5, 5.41) is 9.96. The molecule has 0 heterocycles. The molecule has 0 spiro atoms. The van der Waals surface area contributed by atoms with Crippen LogP contribution in [0.25, 0.3) is 0 Å². The molecule has 0 saturated heterocycles. The SMILES string of the molecule is CCCC(CC)(C(=O)OCC)C(O)OCC. The first-order valence-electron chi connectivity index (χ1n) is 6.05. The Labute approximate surface area is 97.9 Å². The van der Waals surface area contributed by atoms with E-state index in [0.29, 0.717) is 26.1 Å². The van der Waals surface area contributed by atoms with Gasteiger partial charge in [-0.3, -0.25) is 4.79 Å². The van der Waals surface area contributed by atoms with Crippen LogP contribution in [0.4, 0.5) is 0 Å². The zero-order valence-corrected chi connectivity index (χ0v) is 10.8. The van der Waals surface area contributed by atoms with Gasteiger partial charge in [-0.2, -0.15) is 0 Å². The Balaban J connectivity index is 4.88. The Kier molecular flexibility index (Phi) is 7.34. The molecule has 0 amide bonds. The maximum Gasteiger partial charge on any atom is 0.317 e. The van der Waals surface area contributed by atoms with E-state index >= 15 is 0 Å². The number of carbonyl (C=O) groups excluding carboxylic acids is 1. The van der Waals surface area contributed by atoms with Crippen LogP contribution in [0.1, 0.15) is 47.0 Å². The first-order valence-corrected chi connectivity index (χ1v) is 6.05. The summed E-state index contributed by atoms with van der Waals surface area (Å²) in [5.41, 5.74) is -0.916. The summed E-state index contributed by atoms with van der Waals surface area (Å²) in [4.78, 5) is 11.9. The fourth-order valence-electron chi connectivity index (χ4n) is 1.86. The van der Waals surface area contributed by atoms with Gasteiger partial charge >= 0.3 is 5.97 Å². The number of esters is 1. The normalized spacial score (nSPS) is 16.6. The van der Waals surface area contributed by atoms with E-state index in [2.05, 4.69) is 0 Å². The molecule has 0 aromatic rings. The van der Waals surface area contributed by atoms with Crippen molar-refractivity contribution >= 4 is 5.97 Å². The lowest BCUT2D eigenvalue weighted by Gasteiger charge is -2.34. The van der Waals surface area contributed by atoms with Crippen molar-refractivity contribution in [3.63, 3.8) is 0 Å². The lowest BCUT2D eigenvalue weighted by Crippen LogP contribution is -2.44. The van der Waals surface area contributed by atoms with Crippen molar-refractivity contribution in [1.29, 1.82) is 0 Å². The van der Waals surface area contributed by atoms with Gasteiger partial charge in [-0.05, 0) is 26.7 Å². The van der Waals surface area contributed by atoms with Crippen LogP contribution >= 0.6 is 0 Å². The highest BCUT2D eigenvalue weighted by molar-refractivity contribution is 5.77. The van der Waals surface area contributed by atoms with E-state index in [1.807, 2.05) is 13.8 Å². The van der Waals surface area contributed by atoms with E-state index < -0.39 is 11.7 Å². The van der Waals surface area contributed by atoms with Crippen molar-refractivity contribution in [2.24, 2.45) is 5.41 Å². The van der Waals surface area contributed by atoms with Crippen LogP contribution in [0.2, 0.25) is 0 Å². The Hall–Kier alpha value is -0.610. The Bertz CT molecular complexity index is 205. The van der Waals surface area contributed by atoms with E-state index in [-0.39, 0.29) is 5.97 Å². The van der Waals surface area contributed by atoms with Gasteiger partial charge in [0.05, 0.1) is 6.61 Å². The van der Waals surface area contributed by atoms with E-state index in [9.17, 15) is 9.90 Å². The van der Waals surface area contributed by atoms with Gasteiger partial charge < -0.3 is 14.6 Å². The zero-order valence-electron chi connectivity index (χ0n) is 10.8. The number of rotatable bonds is 8. The van der Waals surface area contributed by atoms with Crippen molar-refractivity contribution in [3.05, 3.63) is 0 Å². The number of carbonyl (C=O) groups is 1. The molecule has 0 aliphatic rings. The van der Waals surface area contributed by atoms with E-state index in [4.69, 9.17) is 9.47 Å². The molecule has 0 fully saturated rings. The predicted molar refractivity (Wildman–Crippen MR) is 61.9 cm³/mol. The maximum atomic E-state index is 11.9. The molecule has 0 aliphatic heterocycles. The van der Waals surface area contributed by atoms with Crippen LogP contribution in [0.5, 0.6) is 0 Å². The molecule has 2 atom stereocenters. The summed E-state index contributed by atoms with van der Waals surface area (Å²) in [6.45, 7) is 8.10. The molecule has 0 aromatic heterocycles. The Morgan fingerprint density at radius 2 is 1.88 bits per heavy atom. The molecule has 4 nitrogen and oxygen atoms in total. The van der Waals surface area contributed by atoms with Crippen LogP contribution < -0.4 is 0 Å². The second kappa shape index (κ2) is 7.63. The summed E-state index contributed by atoms with van der Waals surface area (Å²) in [6.07, 6.45) is 0.808. The molecule has 0 bridgehead atoms. The molecular weight excluding hydrogens is 208 g/mol.